The summed E-state index contributed by atoms with van der Waals surface area (Å²) in [6.07, 6.45) is 2.91. The van der Waals surface area contributed by atoms with Crippen LogP contribution in [0, 0.1) is 11.8 Å². The lowest BCUT2D eigenvalue weighted by molar-refractivity contribution is -0.142. The van der Waals surface area contributed by atoms with Crippen molar-refractivity contribution in [3.63, 3.8) is 0 Å². The number of hydrogen-bond donors (Lipinski definition) is 8. The van der Waals surface area contributed by atoms with Crippen molar-refractivity contribution in [3.8, 4) is 0 Å². The molecule has 3 amide bonds. The lowest BCUT2D eigenvalue weighted by atomic mass is 9.98. The van der Waals surface area contributed by atoms with Gasteiger partial charge in [0.1, 0.15) is 18.1 Å². The number of carboxylic acids is 1. The van der Waals surface area contributed by atoms with Gasteiger partial charge in [0.2, 0.25) is 17.7 Å². The predicted octanol–water partition coefficient (Wildman–Crippen LogP) is -0.872. The first-order valence-corrected chi connectivity index (χ1v) is 13.0. The Balaban J connectivity index is 5.67. The highest BCUT2D eigenvalue weighted by molar-refractivity contribution is 5.94. The normalized spacial score (nSPS) is 15.1. The van der Waals surface area contributed by atoms with Gasteiger partial charge in [-0.2, -0.15) is 0 Å². The van der Waals surface area contributed by atoms with Crippen molar-refractivity contribution < 1.29 is 24.3 Å². The Morgan fingerprint density at radius 3 is 1.81 bits per heavy atom. The molecule has 13 heteroatoms. The quantitative estimate of drug-likeness (QED) is 0.0589. The second-order valence-electron chi connectivity index (χ2n) is 9.80. The zero-order chi connectivity index (χ0) is 28.5. The molecular formula is C24H48N8O5. The predicted molar refractivity (Wildman–Crippen MR) is 143 cm³/mol. The SMILES string of the molecule is CCC(C)C(N)C(=O)NC(CCCN=C(N)N)C(=O)NC(CCCCN)C(=O)NC(CC(C)C)C(=O)O. The number of carbonyl (C=O) groups is 4. The molecule has 0 aromatic carbocycles. The molecule has 37 heavy (non-hydrogen) atoms. The molecule has 5 atom stereocenters. The van der Waals surface area contributed by atoms with Crippen LogP contribution in [-0.2, 0) is 19.2 Å². The van der Waals surface area contributed by atoms with Gasteiger partial charge in [-0.25, -0.2) is 4.79 Å². The number of amides is 3. The van der Waals surface area contributed by atoms with E-state index in [0.29, 0.717) is 32.2 Å². The molecule has 0 aliphatic carbocycles. The second-order valence-corrected chi connectivity index (χ2v) is 9.80. The van der Waals surface area contributed by atoms with E-state index in [2.05, 4.69) is 20.9 Å². The molecule has 0 heterocycles. The van der Waals surface area contributed by atoms with E-state index >= 15 is 0 Å². The van der Waals surface area contributed by atoms with Gasteiger partial charge in [0.05, 0.1) is 6.04 Å². The van der Waals surface area contributed by atoms with Gasteiger partial charge in [-0.05, 0) is 56.9 Å². The van der Waals surface area contributed by atoms with Crippen LogP contribution in [0.25, 0.3) is 0 Å². The first-order chi connectivity index (χ1) is 17.3. The largest absolute Gasteiger partial charge is 0.480 e. The molecule has 0 aromatic heterocycles. The van der Waals surface area contributed by atoms with Gasteiger partial charge in [-0.3, -0.25) is 19.4 Å². The fourth-order valence-corrected chi connectivity index (χ4v) is 3.55. The highest BCUT2D eigenvalue weighted by Crippen LogP contribution is 2.10. The summed E-state index contributed by atoms with van der Waals surface area (Å²) < 4.78 is 0. The van der Waals surface area contributed by atoms with E-state index in [4.69, 9.17) is 22.9 Å². The van der Waals surface area contributed by atoms with Crippen LogP contribution in [-0.4, -0.2) is 72.0 Å². The Hall–Kier alpha value is -2.93. The molecule has 0 saturated carbocycles. The van der Waals surface area contributed by atoms with Crippen molar-refractivity contribution in [2.24, 2.45) is 39.8 Å². The van der Waals surface area contributed by atoms with E-state index in [1.807, 2.05) is 27.7 Å². The van der Waals surface area contributed by atoms with E-state index in [9.17, 15) is 24.3 Å². The molecule has 0 aliphatic heterocycles. The van der Waals surface area contributed by atoms with Crippen LogP contribution < -0.4 is 38.9 Å². The number of unbranched alkanes of at least 4 members (excludes halogenated alkanes) is 1. The molecule has 5 unspecified atom stereocenters. The minimum absolute atomic E-state index is 0.0335. The van der Waals surface area contributed by atoms with Crippen molar-refractivity contribution in [1.29, 1.82) is 0 Å². The Kier molecular flexibility index (Phi) is 16.9. The van der Waals surface area contributed by atoms with Gasteiger partial charge in [0.25, 0.3) is 0 Å². The number of carboxylic acid groups (broad SMARTS) is 1. The topological polar surface area (TPSA) is 241 Å². The zero-order valence-electron chi connectivity index (χ0n) is 22.7. The molecule has 0 aliphatic rings. The summed E-state index contributed by atoms with van der Waals surface area (Å²) in [6, 6.07) is -3.90. The molecule has 214 valence electrons. The number of rotatable bonds is 19. The highest BCUT2D eigenvalue weighted by atomic mass is 16.4. The first kappa shape index (κ1) is 34.1. The van der Waals surface area contributed by atoms with Crippen molar-refractivity contribution >= 4 is 29.7 Å². The number of aliphatic carboxylic acids is 1. The lowest BCUT2D eigenvalue weighted by Gasteiger charge is -2.26. The van der Waals surface area contributed by atoms with Crippen LogP contribution in [0.1, 0.15) is 72.6 Å². The van der Waals surface area contributed by atoms with E-state index in [1.165, 1.54) is 0 Å². The summed E-state index contributed by atoms with van der Waals surface area (Å²) in [4.78, 5) is 54.5. The molecule has 13 nitrogen and oxygen atoms in total. The maximum absolute atomic E-state index is 13.2. The smallest absolute Gasteiger partial charge is 0.326 e. The van der Waals surface area contributed by atoms with Crippen LogP contribution in [0.15, 0.2) is 4.99 Å². The standard InChI is InChI=1S/C24H48N8O5/c1-5-15(4)19(26)22(35)31-17(10-8-12-29-24(27)28)20(33)30-16(9-6-7-11-25)21(34)32-18(23(36)37)13-14(2)3/h14-19H,5-13,25-26H2,1-4H3,(H,30,33)(H,31,35)(H,32,34)(H,36,37)(H4,27,28,29). The van der Waals surface area contributed by atoms with Gasteiger partial charge in [0, 0.05) is 6.54 Å². The fraction of sp³-hybridized carbons (Fsp3) is 0.792. The van der Waals surface area contributed by atoms with Gasteiger partial charge in [0.15, 0.2) is 5.96 Å². The van der Waals surface area contributed by atoms with Crippen molar-refractivity contribution in [2.45, 2.75) is 96.8 Å². The van der Waals surface area contributed by atoms with Crippen LogP contribution >= 0.6 is 0 Å². The third-order valence-corrected chi connectivity index (χ3v) is 6.04. The Bertz CT molecular complexity index is 757. The fourth-order valence-electron chi connectivity index (χ4n) is 3.55. The van der Waals surface area contributed by atoms with Gasteiger partial charge in [-0.15, -0.1) is 0 Å². The van der Waals surface area contributed by atoms with Crippen LogP contribution in [0.2, 0.25) is 0 Å². The number of hydrogen-bond acceptors (Lipinski definition) is 7. The summed E-state index contributed by atoms with van der Waals surface area (Å²) in [6.45, 7) is 8.10. The number of nitrogens with two attached hydrogens (primary N) is 4. The molecule has 0 fully saturated rings. The third-order valence-electron chi connectivity index (χ3n) is 6.04. The van der Waals surface area contributed by atoms with Crippen molar-refractivity contribution in [3.05, 3.63) is 0 Å². The third kappa shape index (κ3) is 14.4. The maximum atomic E-state index is 13.2. The number of aliphatic imine (C=N–C) groups is 1. The zero-order valence-corrected chi connectivity index (χ0v) is 22.7. The summed E-state index contributed by atoms with van der Waals surface area (Å²) in [5.41, 5.74) is 22.3. The van der Waals surface area contributed by atoms with Crippen LogP contribution in [0.3, 0.4) is 0 Å². The minimum Gasteiger partial charge on any atom is -0.480 e. The molecule has 0 radical (unpaired) electrons. The van der Waals surface area contributed by atoms with E-state index < -0.39 is 47.9 Å². The maximum Gasteiger partial charge on any atom is 0.326 e. The van der Waals surface area contributed by atoms with Gasteiger partial charge in [-0.1, -0.05) is 34.1 Å². The lowest BCUT2D eigenvalue weighted by Crippen LogP contribution is -2.57. The van der Waals surface area contributed by atoms with E-state index in [-0.39, 0.29) is 43.6 Å². The summed E-state index contributed by atoms with van der Waals surface area (Å²) >= 11 is 0. The molecule has 0 saturated heterocycles. The second kappa shape index (κ2) is 18.3. The number of nitrogens with one attached hydrogen (secondary N) is 3. The Morgan fingerprint density at radius 1 is 0.838 bits per heavy atom. The summed E-state index contributed by atoms with van der Waals surface area (Å²) in [5, 5.41) is 17.4. The van der Waals surface area contributed by atoms with Crippen molar-refractivity contribution in [2.75, 3.05) is 13.1 Å². The van der Waals surface area contributed by atoms with Crippen LogP contribution in [0.4, 0.5) is 0 Å². The number of nitrogens with zero attached hydrogens (tertiary/aromatic N) is 1. The van der Waals surface area contributed by atoms with E-state index in [1.54, 1.807) is 0 Å². The molecule has 0 bridgehead atoms. The summed E-state index contributed by atoms with van der Waals surface area (Å²) in [7, 11) is 0. The van der Waals surface area contributed by atoms with Gasteiger partial charge < -0.3 is 44.0 Å². The molecule has 0 aromatic rings. The van der Waals surface area contributed by atoms with Crippen molar-refractivity contribution in [1.82, 2.24) is 16.0 Å². The molecule has 12 N–H and O–H groups in total. The average Bonchev–Trinajstić information content (AvgIpc) is 2.82. The molecular weight excluding hydrogens is 480 g/mol. The number of carbonyl (C=O) groups excluding carboxylic acids is 3. The van der Waals surface area contributed by atoms with Gasteiger partial charge >= 0.3 is 5.97 Å². The molecule has 0 rings (SSSR count). The Labute approximate surface area is 219 Å². The Morgan fingerprint density at radius 2 is 1.35 bits per heavy atom. The molecule has 0 spiro atoms. The highest BCUT2D eigenvalue weighted by Gasteiger charge is 2.31. The van der Waals surface area contributed by atoms with Crippen LogP contribution in [0.5, 0.6) is 0 Å². The first-order valence-electron chi connectivity index (χ1n) is 13.0. The minimum atomic E-state index is -1.15. The average molecular weight is 529 g/mol. The number of guanidine groups is 1. The van der Waals surface area contributed by atoms with E-state index in [0.717, 1.165) is 0 Å². The monoisotopic (exact) mass is 528 g/mol. The summed E-state index contributed by atoms with van der Waals surface area (Å²) in [5.74, 6) is -2.99.